The average molecular weight is 271 g/mol. The molecule has 1 aromatic carbocycles. The highest BCUT2D eigenvalue weighted by atomic mass is 16.1. The number of carbonyl (C=O) groups excluding carboxylic acids is 1. The van der Waals surface area contributed by atoms with E-state index in [9.17, 15) is 4.79 Å². The highest BCUT2D eigenvalue weighted by molar-refractivity contribution is 5.93. The lowest BCUT2D eigenvalue weighted by Crippen LogP contribution is -2.27. The van der Waals surface area contributed by atoms with Crippen molar-refractivity contribution in [3.8, 4) is 0 Å². The minimum Gasteiger partial charge on any atom is -0.326 e. The van der Waals surface area contributed by atoms with Crippen molar-refractivity contribution in [1.29, 1.82) is 0 Å². The first-order valence-electron chi connectivity index (χ1n) is 8.16. The van der Waals surface area contributed by atoms with Crippen LogP contribution in [-0.2, 0) is 11.2 Å². The summed E-state index contributed by atoms with van der Waals surface area (Å²) in [6.45, 7) is 2.21. The number of benzene rings is 1. The second-order valence-corrected chi connectivity index (χ2v) is 6.57. The van der Waals surface area contributed by atoms with Gasteiger partial charge in [-0.1, -0.05) is 31.9 Å². The van der Waals surface area contributed by atoms with E-state index in [1.807, 2.05) is 0 Å². The first-order valence-corrected chi connectivity index (χ1v) is 8.16. The van der Waals surface area contributed by atoms with Crippen LogP contribution >= 0.6 is 0 Å². The maximum absolute atomic E-state index is 12.4. The Morgan fingerprint density at radius 3 is 2.60 bits per heavy atom. The average Bonchev–Trinajstić information content (AvgIpc) is 3.09. The molecule has 0 aliphatic heterocycles. The van der Waals surface area contributed by atoms with Crippen molar-refractivity contribution in [1.82, 2.24) is 0 Å². The van der Waals surface area contributed by atoms with Crippen molar-refractivity contribution in [2.45, 2.75) is 51.9 Å². The highest BCUT2D eigenvalue weighted by Gasteiger charge is 2.42. The van der Waals surface area contributed by atoms with Gasteiger partial charge in [-0.25, -0.2) is 0 Å². The maximum atomic E-state index is 12.4. The number of hydrogen-bond donors (Lipinski definition) is 1. The smallest absolute Gasteiger partial charge is 0.227 e. The number of anilines is 1. The summed E-state index contributed by atoms with van der Waals surface area (Å²) in [7, 11) is 0. The summed E-state index contributed by atoms with van der Waals surface area (Å²) in [5.74, 6) is 2.00. The summed E-state index contributed by atoms with van der Waals surface area (Å²) in [4.78, 5) is 12.4. The van der Waals surface area contributed by atoms with Crippen LogP contribution in [0.15, 0.2) is 24.3 Å². The lowest BCUT2D eigenvalue weighted by Gasteiger charge is -2.20. The van der Waals surface area contributed by atoms with E-state index in [4.69, 9.17) is 0 Å². The van der Waals surface area contributed by atoms with E-state index in [-0.39, 0.29) is 11.8 Å². The van der Waals surface area contributed by atoms with Gasteiger partial charge in [0.1, 0.15) is 0 Å². The zero-order chi connectivity index (χ0) is 13.9. The van der Waals surface area contributed by atoms with Crippen molar-refractivity contribution in [3.63, 3.8) is 0 Å². The zero-order valence-corrected chi connectivity index (χ0v) is 12.4. The molecule has 1 aromatic rings. The molecular weight excluding hydrogens is 246 g/mol. The van der Waals surface area contributed by atoms with Gasteiger partial charge in [0.15, 0.2) is 0 Å². The predicted molar refractivity (Wildman–Crippen MR) is 82.6 cm³/mol. The van der Waals surface area contributed by atoms with Crippen LogP contribution in [0.2, 0.25) is 0 Å². The number of amides is 1. The Kier molecular flexibility index (Phi) is 4.09. The van der Waals surface area contributed by atoms with Crippen LogP contribution in [0.4, 0.5) is 5.69 Å². The molecule has 108 valence electrons. The molecule has 0 saturated heterocycles. The summed E-state index contributed by atoms with van der Waals surface area (Å²) in [6.07, 6.45) is 8.61. The molecule has 2 saturated carbocycles. The molecule has 2 nitrogen and oxygen atoms in total. The van der Waals surface area contributed by atoms with Crippen molar-refractivity contribution in [2.24, 2.45) is 17.8 Å². The number of unbranched alkanes of at least 4 members (excludes halogenated alkanes) is 1. The molecule has 0 unspecified atom stereocenters. The SMILES string of the molecule is CCCCc1ccc(NC(=O)[C@@H]2C[C@@H]3CC[C@@H]2C3)cc1. The van der Waals surface area contributed by atoms with Crippen LogP contribution in [0.1, 0.15) is 51.0 Å². The van der Waals surface area contributed by atoms with Crippen molar-refractivity contribution >= 4 is 11.6 Å². The number of carbonyl (C=O) groups is 1. The van der Waals surface area contributed by atoms with E-state index < -0.39 is 0 Å². The second kappa shape index (κ2) is 5.99. The topological polar surface area (TPSA) is 29.1 Å². The van der Waals surface area contributed by atoms with Gasteiger partial charge in [-0.3, -0.25) is 4.79 Å². The van der Waals surface area contributed by atoms with Crippen LogP contribution in [0.25, 0.3) is 0 Å². The number of fused-ring (bicyclic) bond motifs is 2. The molecule has 1 amide bonds. The van der Waals surface area contributed by atoms with Gasteiger partial charge in [-0.2, -0.15) is 0 Å². The molecule has 2 bridgehead atoms. The Morgan fingerprint density at radius 1 is 1.20 bits per heavy atom. The van der Waals surface area contributed by atoms with Crippen LogP contribution in [-0.4, -0.2) is 5.91 Å². The summed E-state index contributed by atoms with van der Waals surface area (Å²) >= 11 is 0. The molecule has 3 atom stereocenters. The Balaban J connectivity index is 1.56. The molecule has 3 rings (SSSR count). The summed E-state index contributed by atoms with van der Waals surface area (Å²) in [5.41, 5.74) is 2.32. The van der Waals surface area contributed by atoms with E-state index in [0.29, 0.717) is 5.92 Å². The Bertz CT molecular complexity index is 465. The predicted octanol–water partition coefficient (Wildman–Crippen LogP) is 4.40. The summed E-state index contributed by atoms with van der Waals surface area (Å²) in [6, 6.07) is 8.39. The lowest BCUT2D eigenvalue weighted by atomic mass is 9.88. The maximum Gasteiger partial charge on any atom is 0.227 e. The van der Waals surface area contributed by atoms with Crippen LogP contribution < -0.4 is 5.32 Å². The number of rotatable bonds is 5. The molecule has 0 aromatic heterocycles. The fourth-order valence-electron chi connectivity index (χ4n) is 3.94. The minimum atomic E-state index is 0.249. The van der Waals surface area contributed by atoms with Gasteiger partial charge in [0.2, 0.25) is 5.91 Å². The first kappa shape index (κ1) is 13.7. The van der Waals surface area contributed by atoms with Gasteiger partial charge >= 0.3 is 0 Å². The molecule has 2 fully saturated rings. The molecule has 0 spiro atoms. The molecular formula is C18H25NO. The minimum absolute atomic E-state index is 0.249. The quantitative estimate of drug-likeness (QED) is 0.844. The van der Waals surface area contributed by atoms with Crippen LogP contribution in [0.3, 0.4) is 0 Å². The Labute approximate surface area is 122 Å². The standard InChI is InChI=1S/C18H25NO/c1-2-3-4-13-6-9-16(10-7-13)19-18(20)17-12-14-5-8-15(17)11-14/h6-7,9-10,14-15,17H,2-5,8,11-12H2,1H3,(H,19,20)/t14-,15-,17-/m1/s1. The van der Waals surface area contributed by atoms with Gasteiger partial charge in [0, 0.05) is 11.6 Å². The number of aryl methyl sites for hydroxylation is 1. The molecule has 2 aliphatic carbocycles. The normalized spacial score (nSPS) is 27.8. The van der Waals surface area contributed by atoms with Gasteiger partial charge in [0.05, 0.1) is 0 Å². The van der Waals surface area contributed by atoms with Crippen LogP contribution in [0.5, 0.6) is 0 Å². The van der Waals surface area contributed by atoms with E-state index in [0.717, 1.165) is 24.4 Å². The Hall–Kier alpha value is -1.31. The molecule has 0 heterocycles. The first-order chi connectivity index (χ1) is 9.76. The van der Waals surface area contributed by atoms with Crippen LogP contribution in [0, 0.1) is 17.8 Å². The molecule has 1 N–H and O–H groups in total. The molecule has 0 radical (unpaired) electrons. The van der Waals surface area contributed by atoms with Gasteiger partial charge in [0.25, 0.3) is 0 Å². The largest absolute Gasteiger partial charge is 0.326 e. The Morgan fingerprint density at radius 2 is 2.00 bits per heavy atom. The fourth-order valence-corrected chi connectivity index (χ4v) is 3.94. The van der Waals surface area contributed by atoms with Gasteiger partial charge < -0.3 is 5.32 Å². The third kappa shape index (κ3) is 2.89. The van der Waals surface area contributed by atoms with E-state index in [1.165, 1.54) is 37.7 Å². The monoisotopic (exact) mass is 271 g/mol. The third-order valence-electron chi connectivity index (χ3n) is 5.12. The van der Waals surface area contributed by atoms with E-state index >= 15 is 0 Å². The van der Waals surface area contributed by atoms with Crippen molar-refractivity contribution in [2.75, 3.05) is 5.32 Å². The molecule has 2 aliphatic rings. The fraction of sp³-hybridized carbons (Fsp3) is 0.611. The highest BCUT2D eigenvalue weighted by Crippen LogP contribution is 2.48. The van der Waals surface area contributed by atoms with Gasteiger partial charge in [-0.05, 0) is 61.6 Å². The lowest BCUT2D eigenvalue weighted by molar-refractivity contribution is -0.121. The molecule has 2 heteroatoms. The van der Waals surface area contributed by atoms with Gasteiger partial charge in [-0.15, -0.1) is 0 Å². The zero-order valence-electron chi connectivity index (χ0n) is 12.4. The van der Waals surface area contributed by atoms with Crippen molar-refractivity contribution < 1.29 is 4.79 Å². The summed E-state index contributed by atoms with van der Waals surface area (Å²) < 4.78 is 0. The summed E-state index contributed by atoms with van der Waals surface area (Å²) in [5, 5.41) is 3.11. The van der Waals surface area contributed by atoms with E-state index in [2.05, 4.69) is 36.5 Å². The van der Waals surface area contributed by atoms with E-state index in [1.54, 1.807) is 0 Å². The second-order valence-electron chi connectivity index (χ2n) is 6.57. The number of hydrogen-bond acceptors (Lipinski definition) is 1. The molecule has 20 heavy (non-hydrogen) atoms. The number of nitrogens with one attached hydrogen (secondary N) is 1. The third-order valence-corrected chi connectivity index (χ3v) is 5.12. The van der Waals surface area contributed by atoms with Crippen molar-refractivity contribution in [3.05, 3.63) is 29.8 Å².